The molecule has 1 aromatic carbocycles. The van der Waals surface area contributed by atoms with Gasteiger partial charge in [0.2, 0.25) is 5.91 Å². The number of carbonyl (C=O) groups excluding carboxylic acids is 2. The van der Waals surface area contributed by atoms with E-state index in [4.69, 9.17) is 5.73 Å². The van der Waals surface area contributed by atoms with E-state index in [0.717, 1.165) is 37.1 Å². The van der Waals surface area contributed by atoms with Gasteiger partial charge in [-0.3, -0.25) is 4.79 Å². The third-order valence-corrected chi connectivity index (χ3v) is 3.97. The van der Waals surface area contributed by atoms with E-state index in [-0.39, 0.29) is 30.8 Å². The highest BCUT2D eigenvalue weighted by Crippen LogP contribution is 2.20. The summed E-state index contributed by atoms with van der Waals surface area (Å²) < 4.78 is 0. The summed E-state index contributed by atoms with van der Waals surface area (Å²) in [7, 11) is 0. The van der Waals surface area contributed by atoms with Gasteiger partial charge in [-0.2, -0.15) is 0 Å². The second-order valence-electron chi connectivity index (χ2n) is 5.71. The summed E-state index contributed by atoms with van der Waals surface area (Å²) in [5.74, 6) is -0.0612. The van der Waals surface area contributed by atoms with Crippen LogP contribution >= 0.6 is 12.4 Å². The Hall–Kier alpha value is -1.79. The largest absolute Gasteiger partial charge is 0.353 e. The van der Waals surface area contributed by atoms with Crippen molar-refractivity contribution < 1.29 is 9.59 Å². The molecule has 0 aliphatic carbocycles. The molecule has 1 saturated heterocycles. The molecule has 128 valence electrons. The second kappa shape index (κ2) is 9.37. The van der Waals surface area contributed by atoms with Crippen LogP contribution in [0.2, 0.25) is 0 Å². The predicted molar refractivity (Wildman–Crippen MR) is 92.5 cm³/mol. The lowest BCUT2D eigenvalue weighted by atomic mass is 9.98. The summed E-state index contributed by atoms with van der Waals surface area (Å²) in [6, 6.07) is 6.87. The molecule has 5 N–H and O–H groups in total. The SMILES string of the molecule is Cc1ccccc1C(CC(=O)NC1CCNCC1)NC(N)=O.Cl. The van der Waals surface area contributed by atoms with Crippen molar-refractivity contribution in [2.45, 2.75) is 38.3 Å². The minimum atomic E-state index is -0.622. The van der Waals surface area contributed by atoms with E-state index in [2.05, 4.69) is 16.0 Å². The maximum absolute atomic E-state index is 12.3. The fraction of sp³-hybridized carbons (Fsp3) is 0.500. The zero-order valence-corrected chi connectivity index (χ0v) is 14.1. The third kappa shape index (κ3) is 6.08. The minimum absolute atomic E-state index is 0. The number of hydrogen-bond donors (Lipinski definition) is 4. The lowest BCUT2D eigenvalue weighted by molar-refractivity contribution is -0.122. The number of rotatable bonds is 5. The Morgan fingerprint density at radius 3 is 2.57 bits per heavy atom. The zero-order chi connectivity index (χ0) is 15.9. The average Bonchev–Trinajstić information content (AvgIpc) is 2.47. The van der Waals surface area contributed by atoms with Gasteiger partial charge in [-0.25, -0.2) is 4.79 Å². The number of nitrogens with one attached hydrogen (secondary N) is 3. The first-order valence-electron chi connectivity index (χ1n) is 7.68. The van der Waals surface area contributed by atoms with Gasteiger partial charge in [-0.15, -0.1) is 12.4 Å². The molecular formula is C16H25ClN4O2. The Balaban J connectivity index is 0.00000264. The molecule has 1 atom stereocenters. The van der Waals surface area contributed by atoms with Crippen LogP contribution in [0.15, 0.2) is 24.3 Å². The smallest absolute Gasteiger partial charge is 0.312 e. The van der Waals surface area contributed by atoms with Crippen molar-refractivity contribution in [1.82, 2.24) is 16.0 Å². The summed E-state index contributed by atoms with van der Waals surface area (Å²) in [5.41, 5.74) is 7.19. The molecule has 0 aromatic heterocycles. The molecule has 3 amide bonds. The quantitative estimate of drug-likeness (QED) is 0.652. The molecule has 0 radical (unpaired) electrons. The molecule has 1 unspecified atom stereocenters. The molecule has 0 spiro atoms. The summed E-state index contributed by atoms with van der Waals surface area (Å²) in [6.45, 7) is 3.80. The molecule has 0 saturated carbocycles. The fourth-order valence-corrected chi connectivity index (χ4v) is 2.83. The number of piperidine rings is 1. The number of hydrogen-bond acceptors (Lipinski definition) is 3. The molecule has 7 heteroatoms. The highest BCUT2D eigenvalue weighted by atomic mass is 35.5. The van der Waals surface area contributed by atoms with Gasteiger partial charge < -0.3 is 21.7 Å². The lowest BCUT2D eigenvalue weighted by Crippen LogP contribution is -2.44. The summed E-state index contributed by atoms with van der Waals surface area (Å²) in [5, 5.41) is 8.97. The molecule has 6 nitrogen and oxygen atoms in total. The van der Waals surface area contributed by atoms with E-state index in [9.17, 15) is 9.59 Å². The second-order valence-corrected chi connectivity index (χ2v) is 5.71. The van der Waals surface area contributed by atoms with Crippen LogP contribution in [0.5, 0.6) is 0 Å². The number of aryl methyl sites for hydroxylation is 1. The topological polar surface area (TPSA) is 96.2 Å². The number of amides is 3. The monoisotopic (exact) mass is 340 g/mol. The maximum atomic E-state index is 12.3. The number of primary amides is 1. The van der Waals surface area contributed by atoms with Crippen LogP contribution in [0.4, 0.5) is 4.79 Å². The van der Waals surface area contributed by atoms with Crippen LogP contribution in [-0.4, -0.2) is 31.1 Å². The third-order valence-electron chi connectivity index (χ3n) is 3.97. The van der Waals surface area contributed by atoms with Crippen molar-refractivity contribution in [3.8, 4) is 0 Å². The fourth-order valence-electron chi connectivity index (χ4n) is 2.83. The predicted octanol–water partition coefficient (Wildman–Crippen LogP) is 1.38. The normalized spacial score (nSPS) is 16.0. The van der Waals surface area contributed by atoms with Gasteiger partial charge >= 0.3 is 6.03 Å². The Kier molecular flexibility index (Phi) is 7.85. The van der Waals surface area contributed by atoms with Gasteiger partial charge in [0.15, 0.2) is 0 Å². The van der Waals surface area contributed by atoms with Crippen LogP contribution in [0.25, 0.3) is 0 Å². The molecule has 1 aromatic rings. The molecule has 0 bridgehead atoms. The van der Waals surface area contributed by atoms with Crippen molar-refractivity contribution in [3.63, 3.8) is 0 Å². The van der Waals surface area contributed by atoms with Crippen LogP contribution in [0.3, 0.4) is 0 Å². The Morgan fingerprint density at radius 1 is 1.30 bits per heavy atom. The van der Waals surface area contributed by atoms with Crippen molar-refractivity contribution in [3.05, 3.63) is 35.4 Å². The standard InChI is InChI=1S/C16H24N4O2.ClH/c1-11-4-2-3-5-13(11)14(20-16(17)22)10-15(21)19-12-6-8-18-9-7-12;/h2-5,12,14,18H,6-10H2,1H3,(H,19,21)(H3,17,20,22);1H. The average molecular weight is 341 g/mol. The molecule has 1 fully saturated rings. The van der Waals surface area contributed by atoms with E-state index in [1.54, 1.807) is 0 Å². The van der Waals surface area contributed by atoms with Gasteiger partial charge in [0, 0.05) is 6.04 Å². The lowest BCUT2D eigenvalue weighted by Gasteiger charge is -2.25. The van der Waals surface area contributed by atoms with Crippen LogP contribution in [0.1, 0.15) is 36.4 Å². The van der Waals surface area contributed by atoms with E-state index in [1.807, 2.05) is 31.2 Å². The first kappa shape index (κ1) is 19.3. The van der Waals surface area contributed by atoms with E-state index >= 15 is 0 Å². The van der Waals surface area contributed by atoms with E-state index < -0.39 is 12.1 Å². The van der Waals surface area contributed by atoms with Crippen molar-refractivity contribution in [2.75, 3.05) is 13.1 Å². The summed E-state index contributed by atoms with van der Waals surface area (Å²) >= 11 is 0. The number of halogens is 1. The highest BCUT2D eigenvalue weighted by Gasteiger charge is 2.21. The molecule has 23 heavy (non-hydrogen) atoms. The molecule has 1 aliphatic rings. The molecule has 2 rings (SSSR count). The van der Waals surface area contributed by atoms with Gasteiger partial charge in [-0.05, 0) is 44.0 Å². The number of benzene rings is 1. The van der Waals surface area contributed by atoms with Gasteiger partial charge in [-0.1, -0.05) is 24.3 Å². The van der Waals surface area contributed by atoms with Gasteiger partial charge in [0.25, 0.3) is 0 Å². The molecular weight excluding hydrogens is 316 g/mol. The minimum Gasteiger partial charge on any atom is -0.353 e. The van der Waals surface area contributed by atoms with E-state index in [1.165, 1.54) is 0 Å². The van der Waals surface area contributed by atoms with Crippen LogP contribution < -0.4 is 21.7 Å². The molecule has 1 aliphatic heterocycles. The van der Waals surface area contributed by atoms with Crippen molar-refractivity contribution >= 4 is 24.3 Å². The van der Waals surface area contributed by atoms with E-state index in [0.29, 0.717) is 0 Å². The van der Waals surface area contributed by atoms with Gasteiger partial charge in [0.05, 0.1) is 12.5 Å². The Bertz CT molecular complexity index is 533. The zero-order valence-electron chi connectivity index (χ0n) is 13.3. The Labute approximate surface area is 143 Å². The van der Waals surface area contributed by atoms with Crippen LogP contribution in [0, 0.1) is 6.92 Å². The summed E-state index contributed by atoms with van der Waals surface area (Å²) in [4.78, 5) is 23.5. The van der Waals surface area contributed by atoms with Crippen molar-refractivity contribution in [1.29, 1.82) is 0 Å². The number of urea groups is 1. The summed E-state index contributed by atoms with van der Waals surface area (Å²) in [6.07, 6.45) is 2.06. The number of nitrogens with two attached hydrogens (primary N) is 1. The number of carbonyl (C=O) groups is 2. The van der Waals surface area contributed by atoms with Gasteiger partial charge in [0.1, 0.15) is 0 Å². The molecule has 1 heterocycles. The first-order chi connectivity index (χ1) is 10.6. The van der Waals surface area contributed by atoms with Crippen molar-refractivity contribution in [2.24, 2.45) is 5.73 Å². The first-order valence-corrected chi connectivity index (χ1v) is 7.68. The Morgan fingerprint density at radius 2 is 1.96 bits per heavy atom. The maximum Gasteiger partial charge on any atom is 0.312 e. The van der Waals surface area contributed by atoms with Crippen LogP contribution in [-0.2, 0) is 4.79 Å². The highest BCUT2D eigenvalue weighted by molar-refractivity contribution is 5.85.